The van der Waals surface area contributed by atoms with Crippen LogP contribution in [0.5, 0.6) is 0 Å². The Morgan fingerprint density at radius 2 is 1.62 bits per heavy atom. The molecule has 8 heteroatoms. The van der Waals surface area contributed by atoms with Crippen molar-refractivity contribution < 1.29 is 19.2 Å². The molecule has 1 aliphatic rings. The first-order valence-electron chi connectivity index (χ1n) is 9.06. The predicted molar refractivity (Wildman–Crippen MR) is 111 cm³/mol. The quantitative estimate of drug-likeness (QED) is 0.644. The minimum Gasteiger partial charge on any atom is -0.366 e. The van der Waals surface area contributed by atoms with Crippen LogP contribution < -0.4 is 11.1 Å². The Morgan fingerprint density at radius 1 is 1.03 bits per heavy atom. The largest absolute Gasteiger partial charge is 0.366 e. The zero-order valence-corrected chi connectivity index (χ0v) is 16.7. The number of amides is 4. The van der Waals surface area contributed by atoms with Crippen molar-refractivity contribution in [1.29, 1.82) is 0 Å². The summed E-state index contributed by atoms with van der Waals surface area (Å²) >= 11 is 1.54. The topological polar surface area (TPSA) is 110 Å². The van der Waals surface area contributed by atoms with E-state index in [1.165, 1.54) is 11.8 Å². The molecular weight excluding hydrogens is 390 g/mol. The van der Waals surface area contributed by atoms with Crippen molar-refractivity contribution in [2.45, 2.75) is 19.0 Å². The molecule has 0 radical (unpaired) electrons. The van der Waals surface area contributed by atoms with E-state index >= 15 is 0 Å². The third-order valence-corrected chi connectivity index (χ3v) is 5.38. The molecule has 4 amide bonds. The van der Waals surface area contributed by atoms with Crippen LogP contribution in [0.1, 0.15) is 43.1 Å². The van der Waals surface area contributed by atoms with Gasteiger partial charge in [-0.2, -0.15) is 11.8 Å². The number of fused-ring (bicyclic) bond motifs is 1. The van der Waals surface area contributed by atoms with E-state index in [0.717, 1.165) is 10.5 Å². The van der Waals surface area contributed by atoms with Crippen LogP contribution in [0.25, 0.3) is 0 Å². The summed E-state index contributed by atoms with van der Waals surface area (Å²) in [5.74, 6) is -1.19. The third kappa shape index (κ3) is 4.32. The summed E-state index contributed by atoms with van der Waals surface area (Å²) in [7, 11) is 0. The van der Waals surface area contributed by atoms with Gasteiger partial charge in [-0.25, -0.2) is 0 Å². The fraction of sp³-hybridized carbons (Fsp3) is 0.238. The molecule has 150 valence electrons. The van der Waals surface area contributed by atoms with E-state index in [0.29, 0.717) is 28.9 Å². The van der Waals surface area contributed by atoms with Gasteiger partial charge in [0.05, 0.1) is 11.1 Å². The van der Waals surface area contributed by atoms with E-state index in [-0.39, 0.29) is 6.54 Å². The fourth-order valence-electron chi connectivity index (χ4n) is 3.19. The fourth-order valence-corrected chi connectivity index (χ4v) is 3.65. The van der Waals surface area contributed by atoms with Gasteiger partial charge >= 0.3 is 0 Å². The summed E-state index contributed by atoms with van der Waals surface area (Å²) in [5, 5.41) is 2.79. The van der Waals surface area contributed by atoms with Gasteiger partial charge in [-0.15, -0.1) is 0 Å². The second-order valence-corrected chi connectivity index (χ2v) is 7.59. The standard InChI is InChI=1S/C21H21N3O4S/c1-29-11-10-17(24-20(27)15-4-2-3-5-16(15)21(24)28)19(26)23-12-13-6-8-14(9-7-13)18(22)25/h2-9,17H,10-12H2,1H3,(H2,22,25)(H,23,26). The highest BCUT2D eigenvalue weighted by Gasteiger charge is 2.42. The van der Waals surface area contributed by atoms with Crippen molar-refractivity contribution in [3.05, 3.63) is 70.8 Å². The number of nitrogens with one attached hydrogen (secondary N) is 1. The number of hydrogen-bond donors (Lipinski definition) is 2. The van der Waals surface area contributed by atoms with E-state index in [2.05, 4.69) is 5.32 Å². The van der Waals surface area contributed by atoms with E-state index in [1.807, 2.05) is 6.26 Å². The molecule has 1 heterocycles. The molecule has 1 atom stereocenters. The first-order chi connectivity index (χ1) is 13.9. The van der Waals surface area contributed by atoms with Gasteiger partial charge in [0.15, 0.2) is 0 Å². The number of nitrogens with two attached hydrogens (primary N) is 1. The highest BCUT2D eigenvalue weighted by Crippen LogP contribution is 2.26. The molecule has 29 heavy (non-hydrogen) atoms. The van der Waals surface area contributed by atoms with Gasteiger partial charge < -0.3 is 11.1 Å². The Bertz CT molecular complexity index is 924. The van der Waals surface area contributed by atoms with Crippen LogP contribution in [-0.4, -0.2) is 46.6 Å². The van der Waals surface area contributed by atoms with Crippen LogP contribution in [0.3, 0.4) is 0 Å². The van der Waals surface area contributed by atoms with Crippen molar-refractivity contribution in [2.24, 2.45) is 5.73 Å². The molecule has 0 saturated carbocycles. The highest BCUT2D eigenvalue weighted by molar-refractivity contribution is 7.98. The maximum absolute atomic E-state index is 12.9. The van der Waals surface area contributed by atoms with Gasteiger partial charge in [-0.05, 0) is 48.3 Å². The molecule has 0 saturated heterocycles. The maximum Gasteiger partial charge on any atom is 0.262 e. The second-order valence-electron chi connectivity index (χ2n) is 6.60. The molecule has 2 aromatic carbocycles. The number of nitrogens with zero attached hydrogens (tertiary/aromatic N) is 1. The van der Waals surface area contributed by atoms with Crippen LogP contribution in [0.4, 0.5) is 0 Å². The molecule has 0 fully saturated rings. The lowest BCUT2D eigenvalue weighted by Gasteiger charge is -2.25. The molecule has 2 aromatic rings. The molecule has 3 N–H and O–H groups in total. The monoisotopic (exact) mass is 411 g/mol. The molecule has 0 aromatic heterocycles. The number of carbonyl (C=O) groups is 4. The van der Waals surface area contributed by atoms with Crippen LogP contribution >= 0.6 is 11.8 Å². The number of rotatable bonds is 8. The Hall–Kier alpha value is -3.13. The van der Waals surface area contributed by atoms with Crippen LogP contribution in [-0.2, 0) is 11.3 Å². The number of hydrogen-bond acceptors (Lipinski definition) is 5. The number of thioether (sulfide) groups is 1. The van der Waals surface area contributed by atoms with Crippen LogP contribution in [0, 0.1) is 0 Å². The molecule has 0 spiro atoms. The number of primary amides is 1. The van der Waals surface area contributed by atoms with E-state index in [1.54, 1.807) is 48.5 Å². The summed E-state index contributed by atoms with van der Waals surface area (Å²) < 4.78 is 0. The van der Waals surface area contributed by atoms with Gasteiger partial charge in [-0.3, -0.25) is 24.1 Å². The summed E-state index contributed by atoms with van der Waals surface area (Å²) in [4.78, 5) is 50.6. The summed E-state index contributed by atoms with van der Waals surface area (Å²) in [6.07, 6.45) is 2.26. The van der Waals surface area contributed by atoms with Gasteiger partial charge in [0.25, 0.3) is 11.8 Å². The Labute approximate surface area is 172 Å². The first-order valence-corrected chi connectivity index (χ1v) is 10.5. The van der Waals surface area contributed by atoms with Crippen LogP contribution in [0.2, 0.25) is 0 Å². The van der Waals surface area contributed by atoms with Crippen molar-refractivity contribution in [3.8, 4) is 0 Å². The van der Waals surface area contributed by atoms with Crippen molar-refractivity contribution >= 4 is 35.4 Å². The summed E-state index contributed by atoms with van der Waals surface area (Å²) in [5.41, 5.74) is 7.02. The second kappa shape index (κ2) is 8.91. The van der Waals surface area contributed by atoms with E-state index in [4.69, 9.17) is 5.73 Å². The summed E-state index contributed by atoms with van der Waals surface area (Å²) in [6.45, 7) is 0.205. The molecule has 1 unspecified atom stereocenters. The van der Waals surface area contributed by atoms with Gasteiger partial charge in [0, 0.05) is 12.1 Å². The predicted octanol–water partition coefficient (Wildman–Crippen LogP) is 1.82. The summed E-state index contributed by atoms with van der Waals surface area (Å²) in [6, 6.07) is 12.2. The smallest absolute Gasteiger partial charge is 0.262 e. The molecule has 7 nitrogen and oxygen atoms in total. The Balaban J connectivity index is 1.75. The zero-order valence-electron chi connectivity index (χ0n) is 15.9. The molecular formula is C21H21N3O4S. The minimum atomic E-state index is -0.889. The first kappa shape index (κ1) is 20.6. The number of benzene rings is 2. The number of imide groups is 1. The lowest BCUT2D eigenvalue weighted by molar-refractivity contribution is -0.125. The number of carbonyl (C=O) groups excluding carboxylic acids is 4. The van der Waals surface area contributed by atoms with Crippen molar-refractivity contribution in [3.63, 3.8) is 0 Å². The third-order valence-electron chi connectivity index (χ3n) is 4.74. The Morgan fingerprint density at radius 3 is 2.14 bits per heavy atom. The minimum absolute atomic E-state index is 0.205. The zero-order chi connectivity index (χ0) is 21.0. The molecule has 0 aliphatic carbocycles. The van der Waals surface area contributed by atoms with E-state index in [9.17, 15) is 19.2 Å². The molecule has 0 bridgehead atoms. The molecule has 1 aliphatic heterocycles. The molecule has 3 rings (SSSR count). The normalized spacial score (nSPS) is 13.9. The highest BCUT2D eigenvalue weighted by atomic mass is 32.2. The maximum atomic E-state index is 12.9. The van der Waals surface area contributed by atoms with Gasteiger partial charge in [0.2, 0.25) is 11.8 Å². The van der Waals surface area contributed by atoms with Gasteiger partial charge in [0.1, 0.15) is 6.04 Å². The average Bonchev–Trinajstić information content (AvgIpc) is 2.98. The van der Waals surface area contributed by atoms with Crippen molar-refractivity contribution in [1.82, 2.24) is 10.2 Å². The van der Waals surface area contributed by atoms with Crippen molar-refractivity contribution in [2.75, 3.05) is 12.0 Å². The van der Waals surface area contributed by atoms with Gasteiger partial charge in [-0.1, -0.05) is 24.3 Å². The average molecular weight is 411 g/mol. The van der Waals surface area contributed by atoms with E-state index < -0.39 is 29.7 Å². The lowest BCUT2D eigenvalue weighted by Crippen LogP contribution is -2.49. The van der Waals surface area contributed by atoms with Crippen LogP contribution in [0.15, 0.2) is 48.5 Å². The lowest BCUT2D eigenvalue weighted by atomic mass is 10.1. The Kier molecular flexibility index (Phi) is 6.33. The SMILES string of the molecule is CSCCC(C(=O)NCc1ccc(C(N)=O)cc1)N1C(=O)c2ccccc2C1=O.